The first-order chi connectivity index (χ1) is 8.63. The molecular formula is C11H17F2N3O2. The predicted molar refractivity (Wildman–Crippen MR) is 60.7 cm³/mol. The second-order valence-corrected chi connectivity index (χ2v) is 4.33. The summed E-state index contributed by atoms with van der Waals surface area (Å²) in [6.07, 6.45) is -0.849. The van der Waals surface area contributed by atoms with Crippen LogP contribution in [0.25, 0.3) is 0 Å². The Kier molecular flexibility index (Phi) is 4.11. The summed E-state index contributed by atoms with van der Waals surface area (Å²) < 4.78 is 35.6. The summed E-state index contributed by atoms with van der Waals surface area (Å²) >= 11 is 0. The maximum absolute atomic E-state index is 12.4. The summed E-state index contributed by atoms with van der Waals surface area (Å²) in [5, 5.41) is 7.02. The molecule has 1 aromatic heterocycles. The van der Waals surface area contributed by atoms with E-state index in [1.807, 2.05) is 18.7 Å². The predicted octanol–water partition coefficient (Wildman–Crippen LogP) is 2.40. The van der Waals surface area contributed by atoms with Gasteiger partial charge in [0.2, 0.25) is 0 Å². The van der Waals surface area contributed by atoms with E-state index >= 15 is 0 Å². The monoisotopic (exact) mass is 261 g/mol. The van der Waals surface area contributed by atoms with Crippen LogP contribution < -0.4 is 4.90 Å². The van der Waals surface area contributed by atoms with Gasteiger partial charge in [0, 0.05) is 13.1 Å². The molecule has 0 spiro atoms. The number of morpholine rings is 1. The zero-order chi connectivity index (χ0) is 13.1. The van der Waals surface area contributed by atoms with E-state index in [9.17, 15) is 8.78 Å². The van der Waals surface area contributed by atoms with Gasteiger partial charge in [-0.2, -0.15) is 8.78 Å². The normalized spacial score (nSPS) is 24.8. The van der Waals surface area contributed by atoms with Gasteiger partial charge in [-0.1, -0.05) is 18.9 Å². The lowest BCUT2D eigenvalue weighted by Gasteiger charge is -2.36. The number of rotatable bonds is 4. The minimum Gasteiger partial charge on any atom is -0.402 e. The lowest BCUT2D eigenvalue weighted by atomic mass is 10.1. The molecule has 7 heteroatoms. The van der Waals surface area contributed by atoms with Gasteiger partial charge in [0.25, 0.3) is 5.89 Å². The summed E-state index contributed by atoms with van der Waals surface area (Å²) in [6, 6.07) is 0.158. The fourth-order valence-corrected chi connectivity index (χ4v) is 1.97. The van der Waals surface area contributed by atoms with Crippen molar-refractivity contribution in [2.75, 3.05) is 18.0 Å². The highest BCUT2D eigenvalue weighted by atomic mass is 19.3. The Morgan fingerprint density at radius 3 is 2.28 bits per heavy atom. The molecule has 0 bridgehead atoms. The Morgan fingerprint density at radius 2 is 1.83 bits per heavy atom. The van der Waals surface area contributed by atoms with Crippen LogP contribution in [0.1, 0.15) is 39.0 Å². The second kappa shape index (κ2) is 5.60. The van der Waals surface area contributed by atoms with Crippen LogP contribution in [0.15, 0.2) is 4.42 Å². The van der Waals surface area contributed by atoms with E-state index in [0.717, 1.165) is 12.8 Å². The van der Waals surface area contributed by atoms with E-state index in [-0.39, 0.29) is 18.2 Å². The van der Waals surface area contributed by atoms with Crippen molar-refractivity contribution in [1.29, 1.82) is 0 Å². The van der Waals surface area contributed by atoms with Crippen molar-refractivity contribution in [2.45, 2.75) is 45.3 Å². The third-order valence-corrected chi connectivity index (χ3v) is 3.03. The molecule has 1 fully saturated rings. The molecule has 0 aliphatic carbocycles. The Bertz CT molecular complexity index is 374. The second-order valence-electron chi connectivity index (χ2n) is 4.33. The van der Waals surface area contributed by atoms with E-state index in [1.165, 1.54) is 0 Å². The highest BCUT2D eigenvalue weighted by Gasteiger charge is 2.29. The highest BCUT2D eigenvalue weighted by molar-refractivity contribution is 5.26. The van der Waals surface area contributed by atoms with Crippen LogP contribution in [0.5, 0.6) is 0 Å². The minimum atomic E-state index is -2.73. The number of anilines is 1. The summed E-state index contributed by atoms with van der Waals surface area (Å²) in [7, 11) is 0. The van der Waals surface area contributed by atoms with Crippen molar-refractivity contribution in [3.05, 3.63) is 5.89 Å². The van der Waals surface area contributed by atoms with E-state index in [4.69, 9.17) is 9.15 Å². The van der Waals surface area contributed by atoms with E-state index in [2.05, 4.69) is 10.2 Å². The molecule has 1 aromatic rings. The van der Waals surface area contributed by atoms with Gasteiger partial charge < -0.3 is 14.1 Å². The summed E-state index contributed by atoms with van der Waals surface area (Å²) in [6.45, 7) is 5.24. The Balaban J connectivity index is 2.10. The van der Waals surface area contributed by atoms with Crippen molar-refractivity contribution in [2.24, 2.45) is 0 Å². The zero-order valence-electron chi connectivity index (χ0n) is 10.5. The number of hydrogen-bond donors (Lipinski definition) is 0. The third-order valence-electron chi connectivity index (χ3n) is 3.03. The van der Waals surface area contributed by atoms with E-state index in [1.54, 1.807) is 0 Å². The highest BCUT2D eigenvalue weighted by Crippen LogP contribution is 2.24. The van der Waals surface area contributed by atoms with Gasteiger partial charge in [-0.15, -0.1) is 5.10 Å². The smallest absolute Gasteiger partial charge is 0.318 e. The Labute approximate surface area is 104 Å². The molecule has 18 heavy (non-hydrogen) atoms. The molecule has 102 valence electrons. The summed E-state index contributed by atoms with van der Waals surface area (Å²) in [5.41, 5.74) is 0. The van der Waals surface area contributed by atoms with E-state index < -0.39 is 12.3 Å². The fraction of sp³-hybridized carbons (Fsp3) is 0.818. The topological polar surface area (TPSA) is 51.4 Å². The molecule has 1 aliphatic rings. The molecule has 2 unspecified atom stereocenters. The number of alkyl halides is 2. The SMILES string of the molecule is CCC1CN(c2nnc(C(F)F)o2)CC(CC)O1. The largest absolute Gasteiger partial charge is 0.402 e. The van der Waals surface area contributed by atoms with Gasteiger partial charge in [-0.05, 0) is 12.8 Å². The lowest BCUT2D eigenvalue weighted by Crippen LogP contribution is -2.47. The van der Waals surface area contributed by atoms with Gasteiger partial charge in [0.1, 0.15) is 0 Å². The van der Waals surface area contributed by atoms with Gasteiger partial charge in [0.15, 0.2) is 0 Å². The molecule has 0 saturated carbocycles. The van der Waals surface area contributed by atoms with Crippen LogP contribution in [0.3, 0.4) is 0 Å². The van der Waals surface area contributed by atoms with Crippen molar-refractivity contribution in [1.82, 2.24) is 10.2 Å². The van der Waals surface area contributed by atoms with Gasteiger partial charge in [0.05, 0.1) is 12.2 Å². The van der Waals surface area contributed by atoms with Crippen LogP contribution in [0.2, 0.25) is 0 Å². The maximum Gasteiger partial charge on any atom is 0.318 e. The lowest BCUT2D eigenvalue weighted by molar-refractivity contribution is -0.0300. The maximum atomic E-state index is 12.4. The molecule has 2 atom stereocenters. The third kappa shape index (κ3) is 2.77. The van der Waals surface area contributed by atoms with Crippen molar-refractivity contribution in [3.63, 3.8) is 0 Å². The number of nitrogens with zero attached hydrogens (tertiary/aromatic N) is 3. The Morgan fingerprint density at radius 1 is 1.22 bits per heavy atom. The first kappa shape index (κ1) is 13.2. The van der Waals surface area contributed by atoms with Crippen LogP contribution in [-0.4, -0.2) is 35.5 Å². The van der Waals surface area contributed by atoms with Crippen molar-refractivity contribution < 1.29 is 17.9 Å². The van der Waals surface area contributed by atoms with Crippen LogP contribution in [-0.2, 0) is 4.74 Å². The first-order valence-electron chi connectivity index (χ1n) is 6.16. The number of aromatic nitrogens is 2. The Hall–Kier alpha value is -1.24. The average Bonchev–Trinajstić information content (AvgIpc) is 2.87. The van der Waals surface area contributed by atoms with Crippen LogP contribution in [0.4, 0.5) is 14.8 Å². The van der Waals surface area contributed by atoms with Crippen molar-refractivity contribution in [3.8, 4) is 0 Å². The number of ether oxygens (including phenoxy) is 1. The standard InChI is InChI=1S/C11H17F2N3O2/c1-3-7-5-16(6-8(4-2)17-7)11-15-14-10(18-11)9(12)13/h7-9H,3-6H2,1-2H3. The zero-order valence-corrected chi connectivity index (χ0v) is 10.5. The molecule has 0 aromatic carbocycles. The minimum absolute atomic E-state index is 0.0746. The summed E-state index contributed by atoms with van der Waals surface area (Å²) in [5.74, 6) is -0.627. The van der Waals surface area contributed by atoms with Gasteiger partial charge in [-0.25, -0.2) is 0 Å². The molecule has 5 nitrogen and oxygen atoms in total. The van der Waals surface area contributed by atoms with E-state index in [0.29, 0.717) is 13.1 Å². The van der Waals surface area contributed by atoms with Crippen LogP contribution in [0, 0.1) is 0 Å². The van der Waals surface area contributed by atoms with Gasteiger partial charge in [-0.3, -0.25) is 0 Å². The molecule has 0 N–H and O–H groups in total. The molecule has 0 radical (unpaired) electrons. The molecule has 1 saturated heterocycles. The quantitative estimate of drug-likeness (QED) is 0.833. The molecule has 2 rings (SSSR count). The fourth-order valence-electron chi connectivity index (χ4n) is 1.97. The molecule has 1 aliphatic heterocycles. The molecule has 2 heterocycles. The van der Waals surface area contributed by atoms with Crippen LogP contribution >= 0.6 is 0 Å². The van der Waals surface area contributed by atoms with Crippen molar-refractivity contribution >= 4 is 6.01 Å². The first-order valence-corrected chi connectivity index (χ1v) is 6.16. The average molecular weight is 261 g/mol. The summed E-state index contributed by atoms with van der Waals surface area (Å²) in [4.78, 5) is 1.82. The molecule has 0 amide bonds. The number of halogens is 2. The molecular weight excluding hydrogens is 244 g/mol. The van der Waals surface area contributed by atoms with Gasteiger partial charge >= 0.3 is 12.4 Å². The number of hydrogen-bond acceptors (Lipinski definition) is 5.